The van der Waals surface area contributed by atoms with E-state index >= 15 is 0 Å². The number of benzene rings is 2. The Balaban J connectivity index is 1.92. The topological polar surface area (TPSA) is 18.8 Å². The van der Waals surface area contributed by atoms with Crippen LogP contribution in [0.5, 0.6) is 0 Å². The molecule has 2 aromatic carbocycles. The van der Waals surface area contributed by atoms with Gasteiger partial charge in [-0.2, -0.15) is 31.4 Å². The first kappa shape index (κ1) is 27.0. The Hall–Kier alpha value is -2.55. The molecule has 0 spiro atoms. The van der Waals surface area contributed by atoms with Crippen molar-refractivity contribution in [1.82, 2.24) is 4.90 Å². The van der Waals surface area contributed by atoms with Crippen LogP contribution >= 0.6 is 0 Å². The number of anilines is 1. The summed E-state index contributed by atoms with van der Waals surface area (Å²) in [6, 6.07) is 7.99. The molecule has 0 amide bonds. The number of para-hydroxylation sites is 1. The van der Waals surface area contributed by atoms with Gasteiger partial charge in [-0.1, -0.05) is 38.1 Å². The summed E-state index contributed by atoms with van der Waals surface area (Å²) in [5, 5.41) is 6.71. The number of halogens is 6. The molecule has 0 aromatic heterocycles. The highest BCUT2D eigenvalue weighted by Gasteiger charge is 2.42. The number of aryl methyl sites for hydroxylation is 2. The molecule has 1 aliphatic heterocycles. The van der Waals surface area contributed by atoms with E-state index in [1.165, 1.54) is 0 Å². The zero-order chi connectivity index (χ0) is 26.2. The lowest BCUT2D eigenvalue weighted by atomic mass is 9.97. The van der Waals surface area contributed by atoms with Gasteiger partial charge in [0.25, 0.3) is 0 Å². The normalized spacial score (nSPS) is 17.9. The minimum Gasteiger partial charge on any atom is -0.288 e. The second kappa shape index (κ2) is 9.84. The third kappa shape index (κ3) is 5.66. The van der Waals surface area contributed by atoms with Gasteiger partial charge in [0.1, 0.15) is 0 Å². The molecule has 0 saturated carbocycles. The minimum atomic E-state index is -4.89. The summed E-state index contributed by atoms with van der Waals surface area (Å²) in [5.41, 5.74) is 0.738. The minimum absolute atomic E-state index is 0.130. The van der Waals surface area contributed by atoms with Crippen LogP contribution in [0.4, 0.5) is 32.0 Å². The van der Waals surface area contributed by atoms with Crippen LogP contribution in [0.3, 0.4) is 0 Å². The second-order valence-corrected chi connectivity index (χ2v) is 9.30. The van der Waals surface area contributed by atoms with E-state index in [-0.39, 0.29) is 18.2 Å². The van der Waals surface area contributed by atoms with E-state index in [1.807, 2.05) is 36.9 Å². The van der Waals surface area contributed by atoms with E-state index in [9.17, 15) is 26.3 Å². The number of hydrogen-bond acceptors (Lipinski definition) is 3. The van der Waals surface area contributed by atoms with Crippen molar-refractivity contribution in [2.24, 2.45) is 5.10 Å². The van der Waals surface area contributed by atoms with Gasteiger partial charge in [-0.25, -0.2) is 0 Å². The maximum absolute atomic E-state index is 13.6. The van der Waals surface area contributed by atoms with Crippen LogP contribution in [0.2, 0.25) is 0 Å². The summed E-state index contributed by atoms with van der Waals surface area (Å²) in [4.78, 5) is 1.84. The highest BCUT2D eigenvalue weighted by atomic mass is 19.4. The molecular formula is C26H31F6N3. The number of hydrazone groups is 1. The third-order valence-electron chi connectivity index (χ3n) is 6.78. The number of alkyl halides is 6. The molecule has 0 unspecified atom stereocenters. The van der Waals surface area contributed by atoms with Gasteiger partial charge >= 0.3 is 12.4 Å². The predicted octanol–water partition coefficient (Wildman–Crippen LogP) is 7.33. The molecule has 1 fully saturated rings. The average Bonchev–Trinajstić information content (AvgIpc) is 3.04. The fourth-order valence-electron chi connectivity index (χ4n) is 4.68. The van der Waals surface area contributed by atoms with Crippen molar-refractivity contribution in [3.8, 4) is 0 Å². The first-order chi connectivity index (χ1) is 16.2. The SMILES string of the molecule is CCc1cccc(CC)c1N(C)/N=C1\CCN(Cc2ccc(C(F)(F)F)cc2C(F)(F)F)C1(C)C. The van der Waals surface area contributed by atoms with Crippen molar-refractivity contribution in [3.63, 3.8) is 0 Å². The fraction of sp³-hybridized carbons (Fsp3) is 0.500. The maximum atomic E-state index is 13.6. The van der Waals surface area contributed by atoms with Crippen molar-refractivity contribution in [3.05, 3.63) is 64.2 Å². The smallest absolute Gasteiger partial charge is 0.288 e. The summed E-state index contributed by atoms with van der Waals surface area (Å²) >= 11 is 0. The Labute approximate surface area is 202 Å². The van der Waals surface area contributed by atoms with E-state index in [4.69, 9.17) is 5.10 Å². The maximum Gasteiger partial charge on any atom is 0.416 e. The van der Waals surface area contributed by atoms with Crippen LogP contribution in [0.25, 0.3) is 0 Å². The van der Waals surface area contributed by atoms with Crippen molar-refractivity contribution in [2.75, 3.05) is 18.6 Å². The van der Waals surface area contributed by atoms with Gasteiger partial charge in [-0.05, 0) is 55.5 Å². The van der Waals surface area contributed by atoms with E-state index < -0.39 is 29.0 Å². The number of rotatable bonds is 6. The number of hydrogen-bond donors (Lipinski definition) is 0. The molecule has 0 atom stereocenters. The fourth-order valence-corrected chi connectivity index (χ4v) is 4.68. The highest BCUT2D eigenvalue weighted by Crippen LogP contribution is 2.39. The number of nitrogens with zero attached hydrogens (tertiary/aromatic N) is 3. The van der Waals surface area contributed by atoms with E-state index in [1.54, 1.807) is 0 Å². The van der Waals surface area contributed by atoms with Crippen molar-refractivity contribution in [2.45, 2.75) is 71.4 Å². The van der Waals surface area contributed by atoms with Gasteiger partial charge in [0.05, 0.1) is 28.1 Å². The summed E-state index contributed by atoms with van der Waals surface area (Å²) in [6.07, 6.45) is -7.51. The summed E-state index contributed by atoms with van der Waals surface area (Å²) in [5.74, 6) is 0. The van der Waals surface area contributed by atoms with Gasteiger partial charge in [0, 0.05) is 26.6 Å². The zero-order valence-corrected chi connectivity index (χ0v) is 20.6. The second-order valence-electron chi connectivity index (χ2n) is 9.30. The monoisotopic (exact) mass is 499 g/mol. The van der Waals surface area contributed by atoms with Crippen molar-refractivity contribution in [1.29, 1.82) is 0 Å². The molecule has 1 aliphatic rings. The molecule has 2 aromatic rings. The van der Waals surface area contributed by atoms with Crippen molar-refractivity contribution >= 4 is 11.4 Å². The first-order valence-electron chi connectivity index (χ1n) is 11.6. The van der Waals surface area contributed by atoms with Gasteiger partial charge in [0.2, 0.25) is 0 Å². The molecule has 35 heavy (non-hydrogen) atoms. The van der Waals surface area contributed by atoms with Crippen molar-refractivity contribution < 1.29 is 26.3 Å². The Morgan fingerprint density at radius 2 is 1.51 bits per heavy atom. The third-order valence-corrected chi connectivity index (χ3v) is 6.78. The Morgan fingerprint density at radius 3 is 2.03 bits per heavy atom. The van der Waals surface area contributed by atoms with E-state index in [2.05, 4.69) is 26.0 Å². The molecule has 9 heteroatoms. The zero-order valence-electron chi connectivity index (χ0n) is 20.6. The van der Waals surface area contributed by atoms with Crippen LogP contribution in [0.1, 0.15) is 61.9 Å². The van der Waals surface area contributed by atoms with Crippen LogP contribution in [0.15, 0.2) is 41.5 Å². The van der Waals surface area contributed by atoms with Gasteiger partial charge in [0.15, 0.2) is 0 Å². The molecule has 3 nitrogen and oxygen atoms in total. The number of likely N-dealkylation sites (tertiary alicyclic amines) is 1. The highest BCUT2D eigenvalue weighted by molar-refractivity contribution is 5.95. The lowest BCUT2D eigenvalue weighted by molar-refractivity contribution is -0.143. The molecule has 0 radical (unpaired) electrons. The largest absolute Gasteiger partial charge is 0.416 e. The molecule has 0 bridgehead atoms. The van der Waals surface area contributed by atoms with Crippen LogP contribution in [0, 0.1) is 0 Å². The van der Waals surface area contributed by atoms with E-state index in [0.29, 0.717) is 19.0 Å². The van der Waals surface area contributed by atoms with Crippen LogP contribution in [-0.4, -0.2) is 29.7 Å². The molecule has 1 saturated heterocycles. The van der Waals surface area contributed by atoms with Crippen LogP contribution in [-0.2, 0) is 31.7 Å². The molecule has 1 heterocycles. The quantitative estimate of drug-likeness (QED) is 0.306. The molecule has 0 N–H and O–H groups in total. The summed E-state index contributed by atoms with van der Waals surface area (Å²) in [6.45, 7) is 8.24. The predicted molar refractivity (Wildman–Crippen MR) is 127 cm³/mol. The lowest BCUT2D eigenvalue weighted by Crippen LogP contribution is -2.43. The molecular weight excluding hydrogens is 468 g/mol. The Kier molecular flexibility index (Phi) is 7.60. The van der Waals surface area contributed by atoms with Gasteiger partial charge in [-0.3, -0.25) is 9.91 Å². The van der Waals surface area contributed by atoms with E-state index in [0.717, 1.165) is 41.4 Å². The molecule has 3 rings (SSSR count). The Morgan fingerprint density at radius 1 is 0.914 bits per heavy atom. The first-order valence-corrected chi connectivity index (χ1v) is 11.6. The van der Waals surface area contributed by atoms with Gasteiger partial charge < -0.3 is 0 Å². The Bertz CT molecular complexity index is 1060. The van der Waals surface area contributed by atoms with Crippen LogP contribution < -0.4 is 5.01 Å². The summed E-state index contributed by atoms with van der Waals surface area (Å²) < 4.78 is 80.1. The van der Waals surface area contributed by atoms with Gasteiger partial charge in [-0.15, -0.1) is 0 Å². The standard InChI is InChI=1S/C26H31F6N3/c1-6-17-9-8-10-18(7-2)23(17)34(5)33-22-13-14-35(24(22,3)4)16-19-11-12-20(25(27,28)29)15-21(19)26(30,31)32/h8-12,15H,6-7,13-14,16H2,1-5H3/b33-22+. The molecule has 192 valence electrons. The summed E-state index contributed by atoms with van der Waals surface area (Å²) in [7, 11) is 1.87. The average molecular weight is 500 g/mol. The lowest BCUT2D eigenvalue weighted by Gasteiger charge is -2.33. The molecule has 0 aliphatic carbocycles.